The molecule has 1 aliphatic heterocycles. The minimum absolute atomic E-state index is 0.338. The summed E-state index contributed by atoms with van der Waals surface area (Å²) in [5.41, 5.74) is -0.367. The highest BCUT2D eigenvalue weighted by Crippen LogP contribution is 2.46. The maximum absolute atomic E-state index is 10.4. The third-order valence-corrected chi connectivity index (χ3v) is 3.38. The molecule has 70 valence electrons. The average molecular weight is 169 g/mol. The van der Waals surface area contributed by atoms with Crippen LogP contribution >= 0.6 is 0 Å². The molecule has 2 nitrogen and oxygen atoms in total. The van der Waals surface area contributed by atoms with Crippen molar-refractivity contribution in [3.8, 4) is 0 Å². The summed E-state index contributed by atoms with van der Waals surface area (Å²) in [6.45, 7) is 5.38. The van der Waals surface area contributed by atoms with Gasteiger partial charge in [0.2, 0.25) is 0 Å². The molecule has 0 radical (unpaired) electrons. The molecule has 2 atom stereocenters. The van der Waals surface area contributed by atoms with Crippen LogP contribution in [0.1, 0.15) is 33.1 Å². The normalized spacial score (nSPS) is 42.5. The quantitative estimate of drug-likeness (QED) is 0.650. The predicted molar refractivity (Wildman–Crippen MR) is 48.9 cm³/mol. The van der Waals surface area contributed by atoms with E-state index < -0.39 is 0 Å². The highest BCUT2D eigenvalue weighted by molar-refractivity contribution is 5.07. The van der Waals surface area contributed by atoms with Gasteiger partial charge in [0, 0.05) is 6.04 Å². The smallest absolute Gasteiger partial charge is 0.0842 e. The summed E-state index contributed by atoms with van der Waals surface area (Å²) in [5.74, 6) is 1.15. The van der Waals surface area contributed by atoms with E-state index in [0.717, 1.165) is 13.0 Å². The Hall–Kier alpha value is -0.0800. The first-order chi connectivity index (χ1) is 5.64. The van der Waals surface area contributed by atoms with Crippen LogP contribution in [0.15, 0.2) is 0 Å². The van der Waals surface area contributed by atoms with Crippen LogP contribution in [-0.4, -0.2) is 23.3 Å². The van der Waals surface area contributed by atoms with E-state index in [1.165, 1.54) is 12.8 Å². The zero-order valence-corrected chi connectivity index (χ0v) is 8.01. The summed E-state index contributed by atoms with van der Waals surface area (Å²) in [4.78, 5) is 0. The van der Waals surface area contributed by atoms with Gasteiger partial charge in [0.25, 0.3) is 0 Å². The molecule has 2 fully saturated rings. The Bertz CT molecular complexity index is 177. The molecule has 2 rings (SSSR count). The van der Waals surface area contributed by atoms with Crippen molar-refractivity contribution >= 4 is 0 Å². The van der Waals surface area contributed by atoms with E-state index in [0.29, 0.717) is 17.9 Å². The molecule has 0 spiro atoms. The van der Waals surface area contributed by atoms with Gasteiger partial charge in [-0.05, 0) is 37.6 Å². The van der Waals surface area contributed by atoms with Crippen molar-refractivity contribution in [1.82, 2.24) is 5.32 Å². The molecule has 1 aliphatic carbocycles. The first-order valence-corrected chi connectivity index (χ1v) is 5.10. The molecule has 0 amide bonds. The molecule has 2 heteroatoms. The number of hydrogen-bond acceptors (Lipinski definition) is 2. The molecule has 2 aliphatic rings. The van der Waals surface area contributed by atoms with E-state index in [4.69, 9.17) is 0 Å². The number of hydrogen-bond donors (Lipinski definition) is 2. The number of nitrogens with one attached hydrogen (secondary N) is 1. The standard InChI is InChI=1S/C10H19NO/c1-7(2)9-10(12,5-6-11-9)8-3-4-8/h7-9,11-12H,3-6H2,1-2H3/t9-,10+/m0/s1. The van der Waals surface area contributed by atoms with E-state index in [1.807, 2.05) is 0 Å². The molecular formula is C10H19NO. The van der Waals surface area contributed by atoms with Crippen molar-refractivity contribution in [2.24, 2.45) is 11.8 Å². The Labute approximate surface area is 74.4 Å². The zero-order valence-electron chi connectivity index (χ0n) is 8.01. The molecule has 1 heterocycles. The SMILES string of the molecule is CC(C)[C@@H]1NCC[C@@]1(O)C1CC1. The van der Waals surface area contributed by atoms with Gasteiger partial charge in [0.05, 0.1) is 5.60 Å². The fourth-order valence-corrected chi connectivity index (χ4v) is 2.61. The minimum Gasteiger partial charge on any atom is -0.388 e. The van der Waals surface area contributed by atoms with Crippen LogP contribution in [0.5, 0.6) is 0 Å². The second kappa shape index (κ2) is 2.71. The molecule has 0 bridgehead atoms. The maximum atomic E-state index is 10.4. The third kappa shape index (κ3) is 1.17. The van der Waals surface area contributed by atoms with Gasteiger partial charge >= 0.3 is 0 Å². The second-order valence-corrected chi connectivity index (χ2v) is 4.69. The topological polar surface area (TPSA) is 32.3 Å². The molecule has 0 aromatic heterocycles. The van der Waals surface area contributed by atoms with Gasteiger partial charge in [0.15, 0.2) is 0 Å². The lowest BCUT2D eigenvalue weighted by Gasteiger charge is -2.32. The monoisotopic (exact) mass is 169 g/mol. The first-order valence-electron chi connectivity index (χ1n) is 5.10. The molecule has 2 N–H and O–H groups in total. The summed E-state index contributed by atoms with van der Waals surface area (Å²) in [5, 5.41) is 13.8. The Balaban J connectivity index is 2.11. The molecule has 0 unspecified atom stereocenters. The van der Waals surface area contributed by atoms with Gasteiger partial charge in [-0.15, -0.1) is 0 Å². The van der Waals surface area contributed by atoms with E-state index in [2.05, 4.69) is 19.2 Å². The lowest BCUT2D eigenvalue weighted by molar-refractivity contribution is -0.00748. The van der Waals surface area contributed by atoms with Crippen molar-refractivity contribution in [2.45, 2.75) is 44.8 Å². The Morgan fingerprint density at radius 1 is 1.42 bits per heavy atom. The van der Waals surface area contributed by atoms with E-state index in [1.54, 1.807) is 0 Å². The van der Waals surface area contributed by atoms with Crippen LogP contribution in [-0.2, 0) is 0 Å². The summed E-state index contributed by atoms with van der Waals surface area (Å²) in [6.07, 6.45) is 3.43. The number of rotatable bonds is 2. The fourth-order valence-electron chi connectivity index (χ4n) is 2.61. The molecule has 1 saturated carbocycles. The van der Waals surface area contributed by atoms with Crippen LogP contribution in [0, 0.1) is 11.8 Å². The van der Waals surface area contributed by atoms with Gasteiger partial charge in [0.1, 0.15) is 0 Å². The fraction of sp³-hybridized carbons (Fsp3) is 1.00. The van der Waals surface area contributed by atoms with Crippen molar-refractivity contribution in [2.75, 3.05) is 6.54 Å². The molecule has 0 aromatic carbocycles. The predicted octanol–water partition coefficient (Wildman–Crippen LogP) is 1.15. The second-order valence-electron chi connectivity index (χ2n) is 4.69. The van der Waals surface area contributed by atoms with E-state index >= 15 is 0 Å². The van der Waals surface area contributed by atoms with Crippen LogP contribution < -0.4 is 5.32 Å². The average Bonchev–Trinajstić information content (AvgIpc) is 2.76. The van der Waals surface area contributed by atoms with Crippen molar-refractivity contribution in [1.29, 1.82) is 0 Å². The molecular weight excluding hydrogens is 150 g/mol. The highest BCUT2D eigenvalue weighted by atomic mass is 16.3. The molecule has 1 saturated heterocycles. The van der Waals surface area contributed by atoms with Crippen LogP contribution in [0.3, 0.4) is 0 Å². The van der Waals surface area contributed by atoms with Crippen molar-refractivity contribution in [3.63, 3.8) is 0 Å². The zero-order chi connectivity index (χ0) is 8.77. The van der Waals surface area contributed by atoms with Gasteiger partial charge in [-0.1, -0.05) is 13.8 Å². The maximum Gasteiger partial charge on any atom is 0.0842 e. The van der Waals surface area contributed by atoms with Crippen molar-refractivity contribution in [3.05, 3.63) is 0 Å². The Kier molecular flexibility index (Phi) is 1.92. The summed E-state index contributed by atoms with van der Waals surface area (Å²) < 4.78 is 0. The largest absolute Gasteiger partial charge is 0.388 e. The highest BCUT2D eigenvalue weighted by Gasteiger charge is 2.52. The van der Waals surface area contributed by atoms with Gasteiger partial charge in [-0.2, -0.15) is 0 Å². The Morgan fingerprint density at radius 3 is 2.58 bits per heavy atom. The van der Waals surface area contributed by atoms with Gasteiger partial charge in [-0.3, -0.25) is 0 Å². The van der Waals surface area contributed by atoms with E-state index in [-0.39, 0.29) is 5.60 Å². The van der Waals surface area contributed by atoms with Crippen LogP contribution in [0.4, 0.5) is 0 Å². The minimum atomic E-state index is -0.367. The Morgan fingerprint density at radius 2 is 2.08 bits per heavy atom. The molecule has 0 aromatic rings. The lowest BCUT2D eigenvalue weighted by atomic mass is 9.83. The van der Waals surface area contributed by atoms with Crippen molar-refractivity contribution < 1.29 is 5.11 Å². The van der Waals surface area contributed by atoms with Crippen LogP contribution in [0.2, 0.25) is 0 Å². The third-order valence-electron chi connectivity index (χ3n) is 3.38. The summed E-state index contributed by atoms with van der Waals surface area (Å²) in [6, 6.07) is 0.338. The number of aliphatic hydroxyl groups is 1. The van der Waals surface area contributed by atoms with Gasteiger partial charge in [-0.25, -0.2) is 0 Å². The van der Waals surface area contributed by atoms with Gasteiger partial charge < -0.3 is 10.4 Å². The lowest BCUT2D eigenvalue weighted by Crippen LogP contribution is -2.47. The van der Waals surface area contributed by atoms with E-state index in [9.17, 15) is 5.11 Å². The summed E-state index contributed by atoms with van der Waals surface area (Å²) >= 11 is 0. The first kappa shape index (κ1) is 8.52. The van der Waals surface area contributed by atoms with Crippen LogP contribution in [0.25, 0.3) is 0 Å². The summed E-state index contributed by atoms with van der Waals surface area (Å²) in [7, 11) is 0. The molecule has 12 heavy (non-hydrogen) atoms.